The largest absolute Gasteiger partial charge is 0.494 e. The number of rotatable bonds is 8. The molecule has 0 unspecified atom stereocenters. The van der Waals surface area contributed by atoms with Gasteiger partial charge in [0.1, 0.15) is 5.75 Å². The molecule has 0 fully saturated rings. The Balaban J connectivity index is 1.57. The standard InChI is InChI=1S/C34H36N2O5/c1-6-41-28-10-8-7-9-25(28)32-31(34(38)36-24-14-11-20(2)12-15-24)21(3)35-26-17-23(18-27(37)33(26)32)22-13-16-29(39-4)30(19-22)40-5/h7-16,19,23,32,35H,6,17-18H2,1-5H3,(H,36,38)/t23-,32+/m1/s1. The van der Waals surface area contributed by atoms with Crippen LogP contribution in [0.2, 0.25) is 0 Å². The van der Waals surface area contributed by atoms with Gasteiger partial charge < -0.3 is 24.8 Å². The molecule has 0 aromatic heterocycles. The van der Waals surface area contributed by atoms with E-state index in [-0.39, 0.29) is 17.6 Å². The Bertz CT molecular complexity index is 1540. The number of aryl methyl sites for hydroxylation is 1. The van der Waals surface area contributed by atoms with Crippen LogP contribution in [0.15, 0.2) is 89.3 Å². The number of Topliss-reactive ketones (excluding diaryl/α,β-unsaturated/α-hetero) is 1. The number of carbonyl (C=O) groups excluding carboxylic acids is 2. The van der Waals surface area contributed by atoms with Crippen molar-refractivity contribution in [2.45, 2.75) is 45.4 Å². The molecule has 3 aromatic rings. The summed E-state index contributed by atoms with van der Waals surface area (Å²) >= 11 is 0. The van der Waals surface area contributed by atoms with Crippen LogP contribution < -0.4 is 24.8 Å². The summed E-state index contributed by atoms with van der Waals surface area (Å²) in [5.41, 5.74) is 6.28. The Morgan fingerprint density at radius 2 is 1.66 bits per heavy atom. The molecule has 2 aliphatic rings. The van der Waals surface area contributed by atoms with E-state index in [1.807, 2.05) is 87.5 Å². The summed E-state index contributed by atoms with van der Waals surface area (Å²) in [4.78, 5) is 28.0. The predicted octanol–water partition coefficient (Wildman–Crippen LogP) is 6.41. The molecule has 41 heavy (non-hydrogen) atoms. The van der Waals surface area contributed by atoms with E-state index in [4.69, 9.17) is 14.2 Å². The molecule has 0 saturated carbocycles. The Morgan fingerprint density at radius 3 is 2.37 bits per heavy atom. The Kier molecular flexibility index (Phi) is 8.15. The summed E-state index contributed by atoms with van der Waals surface area (Å²) in [6, 6.07) is 21.1. The number of ketones is 1. The fourth-order valence-corrected chi connectivity index (χ4v) is 5.83. The van der Waals surface area contributed by atoms with Crippen molar-refractivity contribution in [3.8, 4) is 17.2 Å². The van der Waals surface area contributed by atoms with E-state index >= 15 is 0 Å². The van der Waals surface area contributed by atoms with E-state index in [1.165, 1.54) is 0 Å². The number of anilines is 1. The molecule has 0 bridgehead atoms. The Labute approximate surface area is 241 Å². The van der Waals surface area contributed by atoms with Crippen LogP contribution in [0.5, 0.6) is 17.2 Å². The van der Waals surface area contributed by atoms with Crippen LogP contribution in [0.25, 0.3) is 0 Å². The number of para-hydroxylation sites is 1. The topological polar surface area (TPSA) is 85.9 Å². The Hall–Kier alpha value is -4.52. The van der Waals surface area contributed by atoms with Crippen molar-refractivity contribution in [1.82, 2.24) is 5.32 Å². The van der Waals surface area contributed by atoms with Crippen LogP contribution in [-0.4, -0.2) is 32.5 Å². The van der Waals surface area contributed by atoms with Crippen molar-refractivity contribution in [1.29, 1.82) is 0 Å². The summed E-state index contributed by atoms with van der Waals surface area (Å²) < 4.78 is 16.9. The van der Waals surface area contributed by atoms with Crippen LogP contribution in [0, 0.1) is 6.92 Å². The van der Waals surface area contributed by atoms with Gasteiger partial charge in [0.25, 0.3) is 5.91 Å². The van der Waals surface area contributed by atoms with Gasteiger partial charge in [-0.1, -0.05) is 42.0 Å². The summed E-state index contributed by atoms with van der Waals surface area (Å²) in [5.74, 6) is 1.06. The average molecular weight is 553 g/mol. The third-order valence-corrected chi connectivity index (χ3v) is 7.79. The molecular formula is C34H36N2O5. The molecule has 5 rings (SSSR count). The van der Waals surface area contributed by atoms with Crippen LogP contribution in [0.1, 0.15) is 55.2 Å². The van der Waals surface area contributed by atoms with Crippen molar-refractivity contribution in [2.75, 3.05) is 26.1 Å². The molecule has 212 valence electrons. The van der Waals surface area contributed by atoms with Crippen molar-refractivity contribution in [3.05, 3.63) is 106 Å². The molecule has 2 atom stereocenters. The number of carbonyl (C=O) groups is 2. The van der Waals surface area contributed by atoms with E-state index in [0.717, 1.165) is 22.4 Å². The van der Waals surface area contributed by atoms with Gasteiger partial charge in [-0.05, 0) is 69.0 Å². The molecule has 7 nitrogen and oxygen atoms in total. The molecule has 0 spiro atoms. The third kappa shape index (κ3) is 5.57. The van der Waals surface area contributed by atoms with Crippen molar-refractivity contribution in [2.24, 2.45) is 0 Å². The lowest BCUT2D eigenvalue weighted by atomic mass is 9.71. The van der Waals surface area contributed by atoms with E-state index in [9.17, 15) is 9.59 Å². The van der Waals surface area contributed by atoms with E-state index in [0.29, 0.717) is 59.2 Å². The smallest absolute Gasteiger partial charge is 0.254 e. The highest BCUT2D eigenvalue weighted by Crippen LogP contribution is 2.48. The van der Waals surface area contributed by atoms with Gasteiger partial charge >= 0.3 is 0 Å². The number of amides is 1. The molecular weight excluding hydrogens is 516 g/mol. The van der Waals surface area contributed by atoms with Crippen LogP contribution >= 0.6 is 0 Å². The molecule has 1 aliphatic carbocycles. The number of dihydropyridines is 1. The number of nitrogens with one attached hydrogen (secondary N) is 2. The summed E-state index contributed by atoms with van der Waals surface area (Å²) in [5, 5.41) is 6.51. The van der Waals surface area contributed by atoms with E-state index in [1.54, 1.807) is 14.2 Å². The first-order valence-electron chi connectivity index (χ1n) is 13.9. The fraction of sp³-hybridized carbons (Fsp3) is 0.294. The van der Waals surface area contributed by atoms with Gasteiger partial charge in [-0.25, -0.2) is 0 Å². The lowest BCUT2D eigenvalue weighted by molar-refractivity contribution is -0.116. The highest BCUT2D eigenvalue weighted by atomic mass is 16.5. The monoisotopic (exact) mass is 552 g/mol. The first-order valence-corrected chi connectivity index (χ1v) is 13.9. The third-order valence-electron chi connectivity index (χ3n) is 7.79. The van der Waals surface area contributed by atoms with Crippen molar-refractivity contribution in [3.63, 3.8) is 0 Å². The summed E-state index contributed by atoms with van der Waals surface area (Å²) in [6.07, 6.45) is 0.934. The van der Waals surface area contributed by atoms with Crippen molar-refractivity contribution >= 4 is 17.4 Å². The quantitative estimate of drug-likeness (QED) is 0.336. The van der Waals surface area contributed by atoms with Crippen LogP contribution in [-0.2, 0) is 9.59 Å². The molecule has 7 heteroatoms. The molecule has 1 heterocycles. The van der Waals surface area contributed by atoms with Crippen LogP contribution in [0.4, 0.5) is 5.69 Å². The van der Waals surface area contributed by atoms with Gasteiger partial charge in [0, 0.05) is 40.2 Å². The average Bonchev–Trinajstić information content (AvgIpc) is 2.97. The van der Waals surface area contributed by atoms with Gasteiger partial charge in [0.15, 0.2) is 17.3 Å². The maximum Gasteiger partial charge on any atom is 0.254 e. The first-order chi connectivity index (χ1) is 19.8. The first kappa shape index (κ1) is 28.0. The highest BCUT2D eigenvalue weighted by Gasteiger charge is 2.42. The van der Waals surface area contributed by atoms with Crippen molar-refractivity contribution < 1.29 is 23.8 Å². The predicted molar refractivity (Wildman–Crippen MR) is 160 cm³/mol. The number of ether oxygens (including phenoxy) is 3. The van der Waals surface area contributed by atoms with E-state index < -0.39 is 5.92 Å². The van der Waals surface area contributed by atoms with Gasteiger partial charge in [0.2, 0.25) is 0 Å². The number of hydrogen-bond acceptors (Lipinski definition) is 6. The van der Waals surface area contributed by atoms with Gasteiger partial charge in [0.05, 0.1) is 26.7 Å². The second-order valence-electron chi connectivity index (χ2n) is 10.4. The second kappa shape index (κ2) is 11.9. The molecule has 0 saturated heterocycles. The minimum atomic E-state index is -0.571. The summed E-state index contributed by atoms with van der Waals surface area (Å²) in [7, 11) is 3.21. The van der Waals surface area contributed by atoms with Crippen LogP contribution in [0.3, 0.4) is 0 Å². The lowest BCUT2D eigenvalue weighted by Gasteiger charge is -2.37. The zero-order chi connectivity index (χ0) is 29.1. The minimum absolute atomic E-state index is 0.00275. The molecule has 1 aliphatic heterocycles. The normalized spacial score (nSPS) is 18.4. The van der Waals surface area contributed by atoms with E-state index in [2.05, 4.69) is 10.6 Å². The number of hydrogen-bond donors (Lipinski definition) is 2. The van der Waals surface area contributed by atoms with Gasteiger partial charge in [-0.15, -0.1) is 0 Å². The molecule has 2 N–H and O–H groups in total. The van der Waals surface area contributed by atoms with Gasteiger partial charge in [-0.2, -0.15) is 0 Å². The SMILES string of the molecule is CCOc1ccccc1[C@H]1C(C(=O)Nc2ccc(C)cc2)=C(C)NC2=C1C(=O)C[C@H](c1ccc(OC)c(OC)c1)C2. The molecule has 0 radical (unpaired) electrons. The maximum atomic E-state index is 14.1. The number of allylic oxidation sites excluding steroid dienone is 3. The van der Waals surface area contributed by atoms with Gasteiger partial charge in [-0.3, -0.25) is 9.59 Å². The number of methoxy groups -OCH3 is 2. The lowest BCUT2D eigenvalue weighted by Crippen LogP contribution is -2.37. The highest BCUT2D eigenvalue weighted by molar-refractivity contribution is 6.10. The molecule has 1 amide bonds. The number of benzene rings is 3. The Morgan fingerprint density at radius 1 is 0.927 bits per heavy atom. The zero-order valence-corrected chi connectivity index (χ0v) is 24.2. The zero-order valence-electron chi connectivity index (χ0n) is 24.2. The summed E-state index contributed by atoms with van der Waals surface area (Å²) in [6.45, 7) is 6.29. The minimum Gasteiger partial charge on any atom is -0.494 e. The molecule has 3 aromatic carbocycles. The fourth-order valence-electron chi connectivity index (χ4n) is 5.83. The maximum absolute atomic E-state index is 14.1. The second-order valence-corrected chi connectivity index (χ2v) is 10.4.